The largest absolute Gasteiger partial charge is 0.341 e. The minimum absolute atomic E-state index is 0.0972. The number of thioether (sulfide) groups is 1. The van der Waals surface area contributed by atoms with Crippen molar-refractivity contribution in [3.63, 3.8) is 0 Å². The number of aromatic nitrogens is 5. The minimum atomic E-state index is -0.512. The van der Waals surface area contributed by atoms with Crippen LogP contribution >= 0.6 is 23.1 Å². The molecule has 2 aromatic rings. The van der Waals surface area contributed by atoms with Crippen LogP contribution in [0.5, 0.6) is 0 Å². The molecule has 11 heteroatoms. The van der Waals surface area contributed by atoms with Gasteiger partial charge in [-0.15, -0.1) is 28.2 Å². The molecule has 3 atom stereocenters. The van der Waals surface area contributed by atoms with Crippen LogP contribution in [-0.2, 0) is 16.0 Å². The number of H-pyrrole nitrogens is 1. The Kier molecular flexibility index (Phi) is 4.03. The molecule has 9 nitrogen and oxygen atoms in total. The van der Waals surface area contributed by atoms with Gasteiger partial charge >= 0.3 is 0 Å². The third kappa shape index (κ3) is 2.69. The van der Waals surface area contributed by atoms with Gasteiger partial charge in [-0.2, -0.15) is 0 Å². The number of aryl methyl sites for hydroxylation is 2. The first-order chi connectivity index (χ1) is 12.3. The van der Waals surface area contributed by atoms with Crippen LogP contribution in [0.4, 0.5) is 0 Å². The number of nitrogens with one attached hydrogen (secondary N) is 2. The Morgan fingerprint density at radius 3 is 2.77 bits per heavy atom. The van der Waals surface area contributed by atoms with Gasteiger partial charge in [0.2, 0.25) is 11.8 Å². The summed E-state index contributed by atoms with van der Waals surface area (Å²) in [4.78, 5) is 32.2. The number of thiazole rings is 1. The van der Waals surface area contributed by atoms with E-state index in [1.165, 1.54) is 11.3 Å². The van der Waals surface area contributed by atoms with Gasteiger partial charge in [0.15, 0.2) is 5.82 Å². The number of rotatable bonds is 4. The van der Waals surface area contributed by atoms with Gasteiger partial charge in [0.1, 0.15) is 17.5 Å². The maximum atomic E-state index is 12.7. The van der Waals surface area contributed by atoms with E-state index in [0.29, 0.717) is 5.82 Å². The van der Waals surface area contributed by atoms with Gasteiger partial charge in [-0.25, -0.2) is 10.1 Å². The molecule has 2 saturated heterocycles. The smallest absolute Gasteiger partial charge is 0.249 e. The standard InChI is InChI=1S/C15H19N7O2S2/c1-6-8(25-7(2)16-6)5-9(23)17-10-13(24)22-11(12-18-20-21-19-12)15(3,4)26-14(10)22/h10-11,14H,5H2,1-4H3,(H,17,23)(H,18,19,20,21)/t10?,11?,14-/m0/s1. The lowest BCUT2D eigenvalue weighted by molar-refractivity contribution is -0.151. The topological polar surface area (TPSA) is 117 Å². The number of hydrogen-bond donors (Lipinski definition) is 2. The molecule has 0 aliphatic carbocycles. The van der Waals surface area contributed by atoms with E-state index >= 15 is 0 Å². The summed E-state index contributed by atoms with van der Waals surface area (Å²) in [7, 11) is 0. The summed E-state index contributed by atoms with van der Waals surface area (Å²) in [5, 5.41) is 17.7. The van der Waals surface area contributed by atoms with E-state index in [-0.39, 0.29) is 34.4 Å². The molecule has 0 radical (unpaired) electrons. The molecule has 26 heavy (non-hydrogen) atoms. The Morgan fingerprint density at radius 2 is 2.15 bits per heavy atom. The number of carbonyl (C=O) groups excluding carboxylic acids is 2. The summed E-state index contributed by atoms with van der Waals surface area (Å²) < 4.78 is -0.258. The predicted octanol–water partition coefficient (Wildman–Crippen LogP) is 0.735. The van der Waals surface area contributed by atoms with Gasteiger partial charge < -0.3 is 10.2 Å². The van der Waals surface area contributed by atoms with Crippen molar-refractivity contribution in [2.24, 2.45) is 0 Å². The van der Waals surface area contributed by atoms with E-state index in [4.69, 9.17) is 0 Å². The molecule has 2 N–H and O–H groups in total. The van der Waals surface area contributed by atoms with Gasteiger partial charge in [0.25, 0.3) is 0 Å². The van der Waals surface area contributed by atoms with Crippen molar-refractivity contribution in [3.05, 3.63) is 21.4 Å². The Hall–Kier alpha value is -2.01. The first-order valence-electron chi connectivity index (χ1n) is 8.24. The van der Waals surface area contributed by atoms with E-state index in [0.717, 1.165) is 15.6 Å². The second-order valence-electron chi connectivity index (χ2n) is 7.01. The van der Waals surface area contributed by atoms with Crippen molar-refractivity contribution >= 4 is 34.9 Å². The maximum absolute atomic E-state index is 12.7. The number of tetrazole rings is 1. The van der Waals surface area contributed by atoms with E-state index in [9.17, 15) is 9.59 Å². The monoisotopic (exact) mass is 393 g/mol. The molecule has 2 unspecified atom stereocenters. The lowest BCUT2D eigenvalue weighted by Crippen LogP contribution is -2.68. The quantitative estimate of drug-likeness (QED) is 0.736. The Bertz CT molecular complexity index is 863. The van der Waals surface area contributed by atoms with Crippen LogP contribution in [0.1, 0.15) is 41.3 Å². The summed E-state index contributed by atoms with van der Waals surface area (Å²) >= 11 is 3.17. The lowest BCUT2D eigenvalue weighted by Gasteiger charge is -2.44. The fourth-order valence-corrected chi connectivity index (χ4v) is 6.15. The fourth-order valence-electron chi connectivity index (χ4n) is 3.58. The zero-order valence-electron chi connectivity index (χ0n) is 14.8. The van der Waals surface area contributed by atoms with Crippen molar-refractivity contribution < 1.29 is 9.59 Å². The van der Waals surface area contributed by atoms with Crippen molar-refractivity contribution in [2.45, 2.75) is 56.3 Å². The minimum Gasteiger partial charge on any atom is -0.341 e. The Morgan fingerprint density at radius 1 is 1.38 bits per heavy atom. The van der Waals surface area contributed by atoms with Crippen molar-refractivity contribution in [2.75, 3.05) is 0 Å². The maximum Gasteiger partial charge on any atom is 0.249 e. The highest BCUT2D eigenvalue weighted by molar-refractivity contribution is 8.01. The molecule has 4 rings (SSSR count). The molecule has 0 bridgehead atoms. The third-order valence-corrected chi connectivity index (χ3v) is 7.34. The van der Waals surface area contributed by atoms with Crippen LogP contribution in [0.15, 0.2) is 0 Å². The van der Waals surface area contributed by atoms with E-state index in [2.05, 4.69) is 44.8 Å². The molecular weight excluding hydrogens is 374 g/mol. The van der Waals surface area contributed by atoms with Crippen LogP contribution < -0.4 is 5.32 Å². The zero-order valence-corrected chi connectivity index (χ0v) is 16.4. The summed E-state index contributed by atoms with van der Waals surface area (Å²) in [6.07, 6.45) is 0.247. The number of amides is 2. The second-order valence-corrected chi connectivity index (χ2v) is 10.1. The Labute approximate surface area is 158 Å². The fraction of sp³-hybridized carbons (Fsp3) is 0.600. The SMILES string of the molecule is Cc1nc(C)c(CC(=O)NC2C(=O)N3C(c4nnn[nH]4)C(C)(C)S[C@@H]23)s1. The van der Waals surface area contributed by atoms with Crippen LogP contribution in [0, 0.1) is 13.8 Å². The van der Waals surface area contributed by atoms with Crippen molar-refractivity contribution in [3.8, 4) is 0 Å². The molecule has 0 saturated carbocycles. The second kappa shape index (κ2) is 6.02. The first-order valence-corrected chi connectivity index (χ1v) is 9.93. The number of aromatic amines is 1. The van der Waals surface area contributed by atoms with Gasteiger partial charge in [-0.1, -0.05) is 0 Å². The summed E-state index contributed by atoms with van der Waals surface area (Å²) in [5.41, 5.74) is 0.874. The number of carbonyl (C=O) groups is 2. The zero-order chi connectivity index (χ0) is 18.6. The van der Waals surface area contributed by atoms with Gasteiger partial charge in [0, 0.05) is 9.62 Å². The van der Waals surface area contributed by atoms with Crippen LogP contribution in [0.25, 0.3) is 0 Å². The van der Waals surface area contributed by atoms with Crippen LogP contribution in [0.3, 0.4) is 0 Å². The highest BCUT2D eigenvalue weighted by Gasteiger charge is 2.63. The summed E-state index contributed by atoms with van der Waals surface area (Å²) in [5.74, 6) is 0.317. The normalized spacial score (nSPS) is 26.5. The van der Waals surface area contributed by atoms with E-state index in [1.807, 2.05) is 13.8 Å². The molecule has 0 aromatic carbocycles. The molecular formula is C15H19N7O2S2. The molecule has 4 heterocycles. The average molecular weight is 393 g/mol. The lowest BCUT2D eigenvalue weighted by atomic mass is 9.95. The molecule has 2 fully saturated rings. The number of fused-ring (bicyclic) bond motifs is 1. The summed E-state index contributed by atoms with van der Waals surface area (Å²) in [6, 6.07) is -0.749. The van der Waals surface area contributed by atoms with Gasteiger partial charge in [-0.05, 0) is 38.1 Å². The number of hydrogen-bond acceptors (Lipinski definition) is 8. The predicted molar refractivity (Wildman–Crippen MR) is 96.4 cm³/mol. The number of nitrogens with zero attached hydrogens (tertiary/aromatic N) is 5. The molecule has 2 aliphatic heterocycles. The van der Waals surface area contributed by atoms with Crippen molar-refractivity contribution in [1.29, 1.82) is 0 Å². The van der Waals surface area contributed by atoms with Crippen molar-refractivity contribution in [1.82, 2.24) is 35.8 Å². The molecule has 0 spiro atoms. The van der Waals surface area contributed by atoms with Crippen LogP contribution in [-0.4, -0.2) is 58.5 Å². The molecule has 2 amide bonds. The van der Waals surface area contributed by atoms with E-state index < -0.39 is 6.04 Å². The average Bonchev–Trinajstić information content (AvgIpc) is 3.23. The molecule has 138 valence electrons. The van der Waals surface area contributed by atoms with Crippen LogP contribution in [0.2, 0.25) is 0 Å². The van der Waals surface area contributed by atoms with Gasteiger partial charge in [0.05, 0.1) is 17.1 Å². The third-order valence-electron chi connectivity index (χ3n) is 4.70. The molecule has 2 aliphatic rings. The Balaban J connectivity index is 1.47. The first kappa shape index (κ1) is 17.4. The highest BCUT2D eigenvalue weighted by Crippen LogP contribution is 2.56. The van der Waals surface area contributed by atoms with E-state index in [1.54, 1.807) is 16.7 Å². The molecule has 2 aromatic heterocycles. The highest BCUT2D eigenvalue weighted by atomic mass is 32.2. The number of β-lactam (4-membered cyclic amide) rings is 1. The summed E-state index contributed by atoms with van der Waals surface area (Å²) in [6.45, 7) is 7.92. The van der Waals surface area contributed by atoms with Gasteiger partial charge in [-0.3, -0.25) is 9.59 Å².